The van der Waals surface area contributed by atoms with E-state index in [1.165, 1.54) is 23.5 Å². The van der Waals surface area contributed by atoms with E-state index in [-0.39, 0.29) is 11.5 Å². The number of carbonyl (C=O) groups excluding carboxylic acids is 1. The number of ether oxygens (including phenoxy) is 1. The first-order chi connectivity index (χ1) is 12.6. The average molecular weight is 367 g/mol. The van der Waals surface area contributed by atoms with Crippen molar-refractivity contribution in [2.24, 2.45) is 0 Å². The summed E-state index contributed by atoms with van der Waals surface area (Å²) in [6, 6.07) is 16.0. The van der Waals surface area contributed by atoms with Gasteiger partial charge in [0.25, 0.3) is 5.91 Å². The smallest absolute Gasteiger partial charge is 0.335 e. The van der Waals surface area contributed by atoms with E-state index in [4.69, 9.17) is 9.84 Å². The van der Waals surface area contributed by atoms with Gasteiger partial charge >= 0.3 is 5.97 Å². The van der Waals surface area contributed by atoms with Gasteiger partial charge in [0.1, 0.15) is 5.75 Å². The minimum atomic E-state index is -0.967. The van der Waals surface area contributed by atoms with Gasteiger partial charge in [0, 0.05) is 6.54 Å². The summed E-state index contributed by atoms with van der Waals surface area (Å²) < 4.78 is 5.15. The van der Waals surface area contributed by atoms with Crippen LogP contribution in [0.15, 0.2) is 60.0 Å². The lowest BCUT2D eigenvalue weighted by atomic mass is 10.1. The van der Waals surface area contributed by atoms with Crippen LogP contribution in [0.1, 0.15) is 25.6 Å². The van der Waals surface area contributed by atoms with Crippen molar-refractivity contribution in [3.05, 3.63) is 76.0 Å². The predicted molar refractivity (Wildman–Crippen MR) is 101 cm³/mol. The Morgan fingerprint density at radius 3 is 2.35 bits per heavy atom. The summed E-state index contributed by atoms with van der Waals surface area (Å²) in [6.07, 6.45) is 0. The monoisotopic (exact) mass is 367 g/mol. The van der Waals surface area contributed by atoms with Crippen LogP contribution in [0.2, 0.25) is 0 Å². The maximum absolute atomic E-state index is 12.3. The lowest BCUT2D eigenvalue weighted by Gasteiger charge is -2.04. The zero-order valence-electron chi connectivity index (χ0n) is 14.1. The van der Waals surface area contributed by atoms with Gasteiger partial charge in [0.15, 0.2) is 0 Å². The molecule has 132 valence electrons. The minimum absolute atomic E-state index is 0.155. The van der Waals surface area contributed by atoms with E-state index in [1.807, 2.05) is 35.7 Å². The number of carboxylic acids is 1. The molecule has 3 aromatic rings. The summed E-state index contributed by atoms with van der Waals surface area (Å²) in [4.78, 5) is 23.8. The first-order valence-corrected chi connectivity index (χ1v) is 8.78. The summed E-state index contributed by atoms with van der Waals surface area (Å²) in [5.74, 6) is -0.335. The predicted octanol–water partition coefficient (Wildman–Crippen LogP) is 4.05. The van der Waals surface area contributed by atoms with E-state index in [1.54, 1.807) is 19.2 Å². The fourth-order valence-corrected chi connectivity index (χ4v) is 3.26. The van der Waals surface area contributed by atoms with Crippen LogP contribution in [-0.2, 0) is 6.54 Å². The van der Waals surface area contributed by atoms with Gasteiger partial charge in [-0.3, -0.25) is 4.79 Å². The van der Waals surface area contributed by atoms with E-state index in [2.05, 4.69) is 5.32 Å². The number of hydrogen-bond acceptors (Lipinski definition) is 4. The second-order valence-corrected chi connectivity index (χ2v) is 6.52. The zero-order valence-corrected chi connectivity index (χ0v) is 14.9. The number of rotatable bonds is 6. The summed E-state index contributed by atoms with van der Waals surface area (Å²) >= 11 is 1.38. The average Bonchev–Trinajstić information content (AvgIpc) is 3.17. The number of carbonyl (C=O) groups is 2. The van der Waals surface area contributed by atoms with Crippen molar-refractivity contribution in [2.75, 3.05) is 7.11 Å². The molecule has 2 N–H and O–H groups in total. The molecule has 1 aromatic heterocycles. The van der Waals surface area contributed by atoms with Gasteiger partial charge < -0.3 is 15.2 Å². The Labute approximate surface area is 154 Å². The first kappa shape index (κ1) is 17.7. The molecule has 0 spiro atoms. The van der Waals surface area contributed by atoms with Gasteiger partial charge in [-0.15, -0.1) is 11.3 Å². The van der Waals surface area contributed by atoms with Crippen LogP contribution < -0.4 is 10.1 Å². The van der Waals surface area contributed by atoms with Crippen LogP contribution in [0, 0.1) is 0 Å². The highest BCUT2D eigenvalue weighted by atomic mass is 32.1. The zero-order chi connectivity index (χ0) is 18.5. The van der Waals surface area contributed by atoms with Gasteiger partial charge in [0.2, 0.25) is 0 Å². The molecule has 3 rings (SSSR count). The molecule has 0 aliphatic heterocycles. The number of methoxy groups -OCH3 is 1. The Balaban J connectivity index is 1.63. The summed E-state index contributed by atoms with van der Waals surface area (Å²) in [5.41, 5.74) is 3.07. The van der Waals surface area contributed by atoms with Crippen molar-refractivity contribution in [1.29, 1.82) is 0 Å². The molecule has 1 amide bonds. The van der Waals surface area contributed by atoms with E-state index in [9.17, 15) is 9.59 Å². The van der Waals surface area contributed by atoms with Gasteiger partial charge in [-0.1, -0.05) is 24.3 Å². The van der Waals surface area contributed by atoms with Crippen LogP contribution >= 0.6 is 11.3 Å². The second kappa shape index (κ2) is 7.84. The van der Waals surface area contributed by atoms with Crippen molar-refractivity contribution < 1.29 is 19.4 Å². The van der Waals surface area contributed by atoms with E-state index < -0.39 is 5.97 Å². The van der Waals surface area contributed by atoms with Gasteiger partial charge in [0.05, 0.1) is 17.6 Å². The van der Waals surface area contributed by atoms with Crippen molar-refractivity contribution in [1.82, 2.24) is 5.32 Å². The highest BCUT2D eigenvalue weighted by Gasteiger charge is 2.10. The molecule has 1 heterocycles. The summed E-state index contributed by atoms with van der Waals surface area (Å²) in [7, 11) is 1.62. The fraction of sp³-hybridized carbons (Fsp3) is 0.100. The van der Waals surface area contributed by atoms with Gasteiger partial charge in [-0.2, -0.15) is 0 Å². The number of amides is 1. The maximum atomic E-state index is 12.3. The van der Waals surface area contributed by atoms with Crippen LogP contribution in [-0.4, -0.2) is 24.1 Å². The lowest BCUT2D eigenvalue weighted by molar-refractivity contribution is 0.0696. The van der Waals surface area contributed by atoms with E-state index in [0.717, 1.165) is 22.4 Å². The molecule has 0 aliphatic carbocycles. The second-order valence-electron chi connectivity index (χ2n) is 5.61. The van der Waals surface area contributed by atoms with Crippen LogP contribution in [0.3, 0.4) is 0 Å². The number of hydrogen-bond donors (Lipinski definition) is 2. The molecule has 0 bridgehead atoms. The Morgan fingerprint density at radius 2 is 1.73 bits per heavy atom. The molecule has 0 aliphatic rings. The van der Waals surface area contributed by atoms with Crippen molar-refractivity contribution in [3.8, 4) is 16.9 Å². The molecule has 6 heteroatoms. The standard InChI is InChI=1S/C20H17NO4S/c1-25-17-8-6-14(7-9-17)16-10-18(26-12-16)19(22)21-11-13-2-4-15(5-3-13)20(23)24/h2-10,12H,11H2,1H3,(H,21,22)(H,23,24). The Bertz CT molecular complexity index is 914. The van der Waals surface area contributed by atoms with E-state index >= 15 is 0 Å². The largest absolute Gasteiger partial charge is 0.497 e. The molecule has 0 atom stereocenters. The number of aromatic carboxylic acids is 1. The molecular formula is C20H17NO4S. The highest BCUT2D eigenvalue weighted by molar-refractivity contribution is 7.12. The third kappa shape index (κ3) is 4.10. The van der Waals surface area contributed by atoms with Crippen LogP contribution in [0.4, 0.5) is 0 Å². The SMILES string of the molecule is COc1ccc(-c2csc(C(=O)NCc3ccc(C(=O)O)cc3)c2)cc1. The Morgan fingerprint density at radius 1 is 1.04 bits per heavy atom. The number of nitrogens with one attached hydrogen (secondary N) is 1. The van der Waals surface area contributed by atoms with Gasteiger partial charge in [-0.05, 0) is 52.4 Å². The quantitative estimate of drug-likeness (QED) is 0.689. The highest BCUT2D eigenvalue weighted by Crippen LogP contribution is 2.27. The number of carboxylic acid groups (broad SMARTS) is 1. The molecule has 26 heavy (non-hydrogen) atoms. The number of benzene rings is 2. The van der Waals surface area contributed by atoms with Crippen molar-refractivity contribution >= 4 is 23.2 Å². The molecule has 0 saturated carbocycles. The third-order valence-electron chi connectivity index (χ3n) is 3.90. The molecule has 0 fully saturated rings. The third-order valence-corrected chi connectivity index (χ3v) is 4.83. The summed E-state index contributed by atoms with van der Waals surface area (Å²) in [6.45, 7) is 0.342. The first-order valence-electron chi connectivity index (χ1n) is 7.90. The maximum Gasteiger partial charge on any atom is 0.335 e. The van der Waals surface area contributed by atoms with Crippen LogP contribution in [0.25, 0.3) is 11.1 Å². The summed E-state index contributed by atoms with van der Waals surface area (Å²) in [5, 5.41) is 13.7. The lowest BCUT2D eigenvalue weighted by Crippen LogP contribution is -2.21. The fourth-order valence-electron chi connectivity index (χ4n) is 2.42. The van der Waals surface area contributed by atoms with Crippen molar-refractivity contribution in [2.45, 2.75) is 6.54 Å². The van der Waals surface area contributed by atoms with Crippen molar-refractivity contribution in [3.63, 3.8) is 0 Å². The van der Waals surface area contributed by atoms with Crippen LogP contribution in [0.5, 0.6) is 5.75 Å². The molecule has 5 nitrogen and oxygen atoms in total. The minimum Gasteiger partial charge on any atom is -0.497 e. The molecule has 0 unspecified atom stereocenters. The topological polar surface area (TPSA) is 75.6 Å². The Kier molecular flexibility index (Phi) is 5.34. The Hall–Kier alpha value is -3.12. The number of thiophene rings is 1. The molecular weight excluding hydrogens is 350 g/mol. The van der Waals surface area contributed by atoms with Gasteiger partial charge in [-0.25, -0.2) is 4.79 Å². The molecule has 0 saturated heterocycles. The van der Waals surface area contributed by atoms with E-state index in [0.29, 0.717) is 11.4 Å². The normalized spacial score (nSPS) is 10.3. The molecule has 2 aromatic carbocycles. The molecule has 0 radical (unpaired) electrons.